The highest BCUT2D eigenvalue weighted by atomic mass is 32.2. The minimum Gasteiger partial charge on any atom is -0.395 e. The van der Waals surface area contributed by atoms with Gasteiger partial charge in [-0.05, 0) is 37.0 Å². The summed E-state index contributed by atoms with van der Waals surface area (Å²) in [4.78, 5) is 0.337. The Morgan fingerprint density at radius 1 is 1.24 bits per heavy atom. The van der Waals surface area contributed by atoms with Crippen LogP contribution in [-0.4, -0.2) is 24.9 Å². The van der Waals surface area contributed by atoms with Gasteiger partial charge in [-0.3, -0.25) is 0 Å². The third-order valence-corrected chi connectivity index (χ3v) is 6.34. The summed E-state index contributed by atoms with van der Waals surface area (Å²) in [6, 6.07) is 7.00. The summed E-state index contributed by atoms with van der Waals surface area (Å²) in [7, 11) is -3.39. The molecule has 1 saturated carbocycles. The zero-order chi connectivity index (χ0) is 12.5. The van der Waals surface area contributed by atoms with Crippen LogP contribution in [0.3, 0.4) is 0 Å². The molecule has 0 heterocycles. The van der Waals surface area contributed by atoms with Crippen LogP contribution in [-0.2, 0) is 16.3 Å². The molecule has 2 rings (SSSR count). The molecule has 0 spiro atoms. The molecule has 1 aliphatic carbocycles. The molecule has 94 valence electrons. The number of sulfone groups is 1. The lowest BCUT2D eigenvalue weighted by atomic mass is 9.85. The van der Waals surface area contributed by atoms with E-state index in [0.29, 0.717) is 17.7 Å². The van der Waals surface area contributed by atoms with Gasteiger partial charge < -0.3 is 5.11 Å². The van der Waals surface area contributed by atoms with E-state index in [1.54, 1.807) is 12.1 Å². The lowest BCUT2D eigenvalue weighted by molar-refractivity contribution is 0.181. The standard InChI is InChI=1S/C13H18O3S/c1-2-11-4-6-12(7-5-11)17(15,16)13(10-14)8-3-9-13/h4-7,14H,2-3,8-10H2,1H3. The van der Waals surface area contributed by atoms with Crippen molar-refractivity contribution in [3.05, 3.63) is 29.8 Å². The monoisotopic (exact) mass is 254 g/mol. The summed E-state index contributed by atoms with van der Waals surface area (Å²) in [5.74, 6) is 0. The van der Waals surface area contributed by atoms with Crippen LogP contribution in [0.5, 0.6) is 0 Å². The van der Waals surface area contributed by atoms with Gasteiger partial charge >= 0.3 is 0 Å². The zero-order valence-corrected chi connectivity index (χ0v) is 10.8. The number of benzene rings is 1. The van der Waals surface area contributed by atoms with E-state index in [9.17, 15) is 13.5 Å². The van der Waals surface area contributed by atoms with Gasteiger partial charge in [0.2, 0.25) is 0 Å². The highest BCUT2D eigenvalue weighted by molar-refractivity contribution is 7.93. The smallest absolute Gasteiger partial charge is 0.186 e. The van der Waals surface area contributed by atoms with Crippen molar-refractivity contribution >= 4 is 9.84 Å². The van der Waals surface area contributed by atoms with Crippen LogP contribution in [0.2, 0.25) is 0 Å². The van der Waals surface area contributed by atoms with Crippen molar-refractivity contribution in [3.8, 4) is 0 Å². The highest BCUT2D eigenvalue weighted by Crippen LogP contribution is 2.42. The Balaban J connectivity index is 2.37. The van der Waals surface area contributed by atoms with Crippen molar-refractivity contribution in [1.29, 1.82) is 0 Å². The Kier molecular flexibility index (Phi) is 3.27. The first-order chi connectivity index (χ1) is 8.05. The van der Waals surface area contributed by atoms with Gasteiger partial charge in [0.25, 0.3) is 0 Å². The molecule has 1 aliphatic rings. The Morgan fingerprint density at radius 3 is 2.18 bits per heavy atom. The van der Waals surface area contributed by atoms with Crippen LogP contribution in [0.15, 0.2) is 29.2 Å². The molecule has 0 atom stereocenters. The summed E-state index contributed by atoms with van der Waals surface area (Å²) in [6.07, 6.45) is 2.92. The second-order valence-corrected chi connectivity index (χ2v) is 7.04. The molecule has 0 bridgehead atoms. The summed E-state index contributed by atoms with van der Waals surface area (Å²) < 4.78 is 23.9. The van der Waals surface area contributed by atoms with Crippen LogP contribution < -0.4 is 0 Å². The maximum Gasteiger partial charge on any atom is 0.186 e. The number of aryl methyl sites for hydroxylation is 1. The normalized spacial score (nSPS) is 18.7. The Bertz CT molecular complexity index is 478. The molecule has 3 nitrogen and oxygen atoms in total. The van der Waals surface area contributed by atoms with E-state index in [2.05, 4.69) is 0 Å². The van der Waals surface area contributed by atoms with Crippen LogP contribution in [0.4, 0.5) is 0 Å². The molecule has 0 unspecified atom stereocenters. The largest absolute Gasteiger partial charge is 0.395 e. The zero-order valence-electron chi connectivity index (χ0n) is 10.0. The minimum atomic E-state index is -3.39. The number of hydrogen-bond donors (Lipinski definition) is 1. The van der Waals surface area contributed by atoms with Crippen molar-refractivity contribution in [1.82, 2.24) is 0 Å². The van der Waals surface area contributed by atoms with Crippen molar-refractivity contribution in [3.63, 3.8) is 0 Å². The molecule has 17 heavy (non-hydrogen) atoms. The summed E-state index contributed by atoms with van der Waals surface area (Å²) in [6.45, 7) is 1.76. The Hall–Kier alpha value is -0.870. The molecule has 1 N–H and O–H groups in total. The molecular formula is C13H18O3S. The van der Waals surface area contributed by atoms with Gasteiger partial charge in [0, 0.05) is 0 Å². The van der Waals surface area contributed by atoms with E-state index in [4.69, 9.17) is 0 Å². The van der Waals surface area contributed by atoms with E-state index >= 15 is 0 Å². The highest BCUT2D eigenvalue weighted by Gasteiger charge is 2.48. The first-order valence-electron chi connectivity index (χ1n) is 6.00. The molecule has 1 fully saturated rings. The predicted molar refractivity (Wildman–Crippen MR) is 66.7 cm³/mol. The van der Waals surface area contributed by atoms with Gasteiger partial charge in [0.1, 0.15) is 0 Å². The molecule has 0 aliphatic heterocycles. The fourth-order valence-electron chi connectivity index (χ4n) is 2.24. The van der Waals surface area contributed by atoms with Crippen molar-refractivity contribution in [2.75, 3.05) is 6.61 Å². The van der Waals surface area contributed by atoms with E-state index in [0.717, 1.165) is 18.4 Å². The van der Waals surface area contributed by atoms with Gasteiger partial charge in [-0.25, -0.2) is 8.42 Å². The topological polar surface area (TPSA) is 54.4 Å². The van der Waals surface area contributed by atoms with Crippen LogP contribution in [0, 0.1) is 0 Å². The van der Waals surface area contributed by atoms with E-state index in [-0.39, 0.29) is 6.61 Å². The maximum atomic E-state index is 12.4. The van der Waals surface area contributed by atoms with Gasteiger partial charge in [-0.2, -0.15) is 0 Å². The lowest BCUT2D eigenvalue weighted by Gasteiger charge is -2.39. The average Bonchev–Trinajstić information content (AvgIpc) is 2.28. The fraction of sp³-hybridized carbons (Fsp3) is 0.538. The van der Waals surface area contributed by atoms with Crippen molar-refractivity contribution in [2.45, 2.75) is 42.2 Å². The van der Waals surface area contributed by atoms with Crippen molar-refractivity contribution < 1.29 is 13.5 Å². The first kappa shape index (κ1) is 12.6. The van der Waals surface area contributed by atoms with Crippen LogP contribution in [0.25, 0.3) is 0 Å². The number of rotatable bonds is 4. The molecule has 0 radical (unpaired) electrons. The van der Waals surface area contributed by atoms with E-state index in [1.165, 1.54) is 0 Å². The summed E-state index contributed by atoms with van der Waals surface area (Å²) in [5, 5.41) is 9.36. The molecule has 0 aromatic heterocycles. The SMILES string of the molecule is CCc1ccc(S(=O)(=O)C2(CO)CCC2)cc1. The average molecular weight is 254 g/mol. The van der Waals surface area contributed by atoms with E-state index < -0.39 is 14.6 Å². The van der Waals surface area contributed by atoms with Crippen LogP contribution >= 0.6 is 0 Å². The number of aliphatic hydroxyl groups is 1. The predicted octanol–water partition coefficient (Wildman–Crippen LogP) is 1.94. The molecule has 0 amide bonds. The summed E-state index contributed by atoms with van der Waals surface area (Å²) >= 11 is 0. The van der Waals surface area contributed by atoms with E-state index in [1.807, 2.05) is 19.1 Å². The quantitative estimate of drug-likeness (QED) is 0.893. The molecule has 0 saturated heterocycles. The van der Waals surface area contributed by atoms with Crippen LogP contribution in [0.1, 0.15) is 31.7 Å². The van der Waals surface area contributed by atoms with Gasteiger partial charge in [-0.1, -0.05) is 25.5 Å². The lowest BCUT2D eigenvalue weighted by Crippen LogP contribution is -2.48. The Morgan fingerprint density at radius 2 is 1.82 bits per heavy atom. The number of hydrogen-bond acceptors (Lipinski definition) is 3. The molecular weight excluding hydrogens is 236 g/mol. The third-order valence-electron chi connectivity index (χ3n) is 3.76. The van der Waals surface area contributed by atoms with Gasteiger partial charge in [0.15, 0.2) is 9.84 Å². The molecule has 1 aromatic carbocycles. The summed E-state index contributed by atoms with van der Waals surface area (Å²) in [5.41, 5.74) is 1.12. The molecule has 4 heteroatoms. The minimum absolute atomic E-state index is 0.273. The second kappa shape index (κ2) is 4.42. The number of aliphatic hydroxyl groups excluding tert-OH is 1. The maximum absolute atomic E-state index is 12.4. The van der Waals surface area contributed by atoms with Crippen molar-refractivity contribution in [2.24, 2.45) is 0 Å². The van der Waals surface area contributed by atoms with Gasteiger partial charge in [-0.15, -0.1) is 0 Å². The van der Waals surface area contributed by atoms with Gasteiger partial charge in [0.05, 0.1) is 16.2 Å². The first-order valence-corrected chi connectivity index (χ1v) is 7.48. The third kappa shape index (κ3) is 1.89. The molecule has 1 aromatic rings. The fourth-order valence-corrected chi connectivity index (χ4v) is 4.23. The second-order valence-electron chi connectivity index (χ2n) is 4.70. The Labute approximate surface area is 102 Å².